The number of esters is 2. The molecule has 5 atom stereocenters. The van der Waals surface area contributed by atoms with Crippen LogP contribution < -0.4 is 0 Å². The molecule has 310 valence electrons. The number of aliphatic hydroxyl groups excluding tert-OH is 4. The van der Waals surface area contributed by atoms with E-state index in [4.69, 9.17) is 19.1 Å². The van der Waals surface area contributed by atoms with Crippen molar-refractivity contribution in [1.82, 2.24) is 0 Å². The zero-order valence-electron chi connectivity index (χ0n) is 32.8. The molecule has 0 aromatic rings. The molecule has 0 rings (SSSR count). The Hall–Kier alpha value is -2.67. The van der Waals surface area contributed by atoms with E-state index in [1.54, 1.807) is 30.4 Å². The molecule has 13 heteroatoms. The summed E-state index contributed by atoms with van der Waals surface area (Å²) >= 11 is 0. The molecule has 5 N–H and O–H groups in total. The fraction of sp³-hybridized carbons (Fsp3) is 0.659. The lowest BCUT2D eigenvalue weighted by molar-refractivity contribution is -0.161. The van der Waals surface area contributed by atoms with Gasteiger partial charge in [0.15, 0.2) is 6.10 Å². The van der Waals surface area contributed by atoms with E-state index in [0.717, 1.165) is 31.6 Å². The number of hydrogen-bond acceptors (Lipinski definition) is 11. The van der Waals surface area contributed by atoms with Gasteiger partial charge in [-0.05, 0) is 44.4 Å². The Morgan fingerprint density at radius 3 is 2.00 bits per heavy atom. The molecule has 0 fully saturated rings. The first-order valence-electron chi connectivity index (χ1n) is 19.5. The highest BCUT2D eigenvalue weighted by Gasteiger charge is 2.27. The Balaban J connectivity index is 4.65. The van der Waals surface area contributed by atoms with Gasteiger partial charge in [-0.1, -0.05) is 139 Å². The second-order valence-corrected chi connectivity index (χ2v) is 14.9. The molecule has 12 nitrogen and oxygen atoms in total. The zero-order chi connectivity index (χ0) is 40.3. The maximum Gasteiger partial charge on any atom is 0.472 e. The molecular weight excluding hydrogens is 715 g/mol. The smallest absolute Gasteiger partial charge is 0.462 e. The van der Waals surface area contributed by atoms with Crippen molar-refractivity contribution in [3.05, 3.63) is 72.9 Å². The summed E-state index contributed by atoms with van der Waals surface area (Å²) in [6, 6.07) is 0. The molecule has 0 spiro atoms. The second-order valence-electron chi connectivity index (χ2n) is 13.5. The maximum atomic E-state index is 12.6. The van der Waals surface area contributed by atoms with Crippen LogP contribution in [0, 0.1) is 5.92 Å². The molecule has 1 unspecified atom stereocenters. The van der Waals surface area contributed by atoms with Gasteiger partial charge in [-0.3, -0.25) is 18.6 Å². The molecule has 0 aromatic carbocycles. The summed E-state index contributed by atoms with van der Waals surface area (Å²) in [6.07, 6.45) is 29.8. The monoisotopic (exact) mass is 784 g/mol. The van der Waals surface area contributed by atoms with Gasteiger partial charge >= 0.3 is 19.8 Å². The van der Waals surface area contributed by atoms with Crippen LogP contribution in [0.3, 0.4) is 0 Å². The van der Waals surface area contributed by atoms with Gasteiger partial charge in [0.05, 0.1) is 32.0 Å². The fourth-order valence-electron chi connectivity index (χ4n) is 4.68. The number of rotatable bonds is 34. The topological polar surface area (TPSA) is 189 Å². The Labute approximate surface area is 323 Å². The number of carbonyl (C=O) groups excluding carboxylic acids is 2. The first kappa shape index (κ1) is 51.3. The first-order valence-corrected chi connectivity index (χ1v) is 21.0. The van der Waals surface area contributed by atoms with Crippen molar-refractivity contribution < 1.29 is 58.0 Å². The van der Waals surface area contributed by atoms with Crippen LogP contribution in [0.4, 0.5) is 0 Å². The van der Waals surface area contributed by atoms with Gasteiger partial charge in [0, 0.05) is 12.8 Å². The summed E-state index contributed by atoms with van der Waals surface area (Å²) in [6.45, 7) is 4.16. The molecule has 54 heavy (non-hydrogen) atoms. The van der Waals surface area contributed by atoms with Crippen LogP contribution in [0.5, 0.6) is 0 Å². The van der Waals surface area contributed by atoms with Gasteiger partial charge in [0.1, 0.15) is 12.7 Å². The van der Waals surface area contributed by atoms with Crippen LogP contribution in [0.25, 0.3) is 0 Å². The highest BCUT2D eigenvalue weighted by molar-refractivity contribution is 7.47. The molecule has 0 aliphatic carbocycles. The van der Waals surface area contributed by atoms with Crippen molar-refractivity contribution in [2.45, 2.75) is 141 Å². The Morgan fingerprint density at radius 1 is 0.704 bits per heavy atom. The zero-order valence-corrected chi connectivity index (χ0v) is 33.7. The SMILES string of the molecule is CC/C=C\C[C@H](O)/C=C/C=C\C/C=C\C=C\[C@H](O)/C=C\CCCC(=O)O[C@H](COC(=O)CCCCCCCCCC(C)C)COP(=O)(O)OC[C@@H](O)CO. The standard InChI is InChI=1S/C41H69O12P/c1-4-5-17-25-36(43)26-19-13-9-7-10-14-20-27-37(44)28-21-16-23-30-41(47)53-39(34-52-54(48,49)51-32-38(45)31-42)33-50-40(46)29-22-15-11-6-8-12-18-24-35(2)3/h5,9-10,13-14,17,19-21,26-28,35-39,42-45H,4,6-8,11-12,15-16,18,22-25,29-34H2,1-3H3,(H,48,49)/b13-9-,14-10-,17-5-,26-19+,27-20+,28-21-/t36-,37-,38-,39+/m0/s1. The second kappa shape index (κ2) is 34.8. The predicted octanol–water partition coefficient (Wildman–Crippen LogP) is 7.51. The molecule has 0 amide bonds. The molecule has 0 saturated carbocycles. The van der Waals surface area contributed by atoms with Gasteiger partial charge in [-0.2, -0.15) is 0 Å². The van der Waals surface area contributed by atoms with Crippen molar-refractivity contribution in [2.75, 3.05) is 26.4 Å². The molecule has 0 saturated heterocycles. The first-order chi connectivity index (χ1) is 25.9. The lowest BCUT2D eigenvalue weighted by atomic mass is 10.0. The van der Waals surface area contributed by atoms with Crippen LogP contribution in [0.15, 0.2) is 72.9 Å². The normalized spacial score (nSPS) is 16.0. The average molecular weight is 785 g/mol. The lowest BCUT2D eigenvalue weighted by Crippen LogP contribution is -2.29. The third kappa shape index (κ3) is 35.1. The van der Waals surface area contributed by atoms with Crippen molar-refractivity contribution in [3.63, 3.8) is 0 Å². The third-order valence-corrected chi connectivity index (χ3v) is 8.68. The number of aliphatic hydroxyl groups is 4. The van der Waals surface area contributed by atoms with Gasteiger partial charge in [0.25, 0.3) is 0 Å². The maximum absolute atomic E-state index is 12.6. The number of allylic oxidation sites excluding steroid dienone is 8. The third-order valence-electron chi connectivity index (χ3n) is 7.73. The van der Waals surface area contributed by atoms with Crippen LogP contribution >= 0.6 is 7.82 Å². The van der Waals surface area contributed by atoms with E-state index < -0.39 is 64.0 Å². The predicted molar refractivity (Wildman–Crippen MR) is 212 cm³/mol. The van der Waals surface area contributed by atoms with Gasteiger partial charge in [-0.25, -0.2) is 4.57 Å². The number of phosphoric acid groups is 1. The fourth-order valence-corrected chi connectivity index (χ4v) is 5.47. The minimum Gasteiger partial charge on any atom is -0.462 e. The van der Waals surface area contributed by atoms with Gasteiger partial charge in [-0.15, -0.1) is 0 Å². The number of carbonyl (C=O) groups is 2. The molecule has 0 bridgehead atoms. The number of ether oxygens (including phenoxy) is 2. The van der Waals surface area contributed by atoms with E-state index in [1.807, 2.05) is 49.5 Å². The number of phosphoric ester groups is 1. The van der Waals surface area contributed by atoms with Crippen LogP contribution in [0.1, 0.15) is 117 Å². The van der Waals surface area contributed by atoms with Crippen LogP contribution in [0.2, 0.25) is 0 Å². The Morgan fingerprint density at radius 2 is 1.33 bits per heavy atom. The lowest BCUT2D eigenvalue weighted by Gasteiger charge is -2.20. The van der Waals surface area contributed by atoms with Gasteiger partial charge in [0.2, 0.25) is 0 Å². The van der Waals surface area contributed by atoms with E-state index in [-0.39, 0.29) is 19.4 Å². The summed E-state index contributed by atoms with van der Waals surface area (Å²) in [5.41, 5.74) is 0. The minimum atomic E-state index is -4.67. The van der Waals surface area contributed by atoms with E-state index in [1.165, 1.54) is 25.7 Å². The highest BCUT2D eigenvalue weighted by atomic mass is 31.2. The molecule has 0 aliphatic rings. The van der Waals surface area contributed by atoms with Gasteiger partial charge < -0.3 is 34.8 Å². The van der Waals surface area contributed by atoms with Crippen molar-refractivity contribution >= 4 is 19.8 Å². The van der Waals surface area contributed by atoms with Crippen molar-refractivity contribution in [2.24, 2.45) is 5.92 Å². The molecule has 0 aliphatic heterocycles. The summed E-state index contributed by atoms with van der Waals surface area (Å²) in [5.74, 6) is -0.395. The Bertz CT molecular complexity index is 1180. The molecule has 0 heterocycles. The number of unbranched alkanes of at least 4 members (excludes halogenated alkanes) is 7. The van der Waals surface area contributed by atoms with E-state index >= 15 is 0 Å². The van der Waals surface area contributed by atoms with Crippen LogP contribution in [-0.2, 0) is 32.7 Å². The highest BCUT2D eigenvalue weighted by Crippen LogP contribution is 2.43. The quantitative estimate of drug-likeness (QED) is 0.0142. The van der Waals surface area contributed by atoms with E-state index in [9.17, 15) is 34.4 Å². The van der Waals surface area contributed by atoms with E-state index in [2.05, 4.69) is 18.4 Å². The number of hydrogen-bond donors (Lipinski definition) is 5. The van der Waals surface area contributed by atoms with E-state index in [0.29, 0.717) is 32.1 Å². The average Bonchev–Trinajstić information content (AvgIpc) is 3.13. The summed E-state index contributed by atoms with van der Waals surface area (Å²) in [5, 5.41) is 38.2. The summed E-state index contributed by atoms with van der Waals surface area (Å²) in [4.78, 5) is 34.8. The van der Waals surface area contributed by atoms with Crippen molar-refractivity contribution in [1.29, 1.82) is 0 Å². The Kier molecular flexibility index (Phi) is 33.1. The minimum absolute atomic E-state index is 0.00548. The van der Waals surface area contributed by atoms with Crippen LogP contribution in [-0.4, -0.2) is 88.1 Å². The molecule has 0 radical (unpaired) electrons. The largest absolute Gasteiger partial charge is 0.472 e. The van der Waals surface area contributed by atoms with Crippen molar-refractivity contribution in [3.8, 4) is 0 Å². The summed E-state index contributed by atoms with van der Waals surface area (Å²) < 4.78 is 32.4. The molecule has 0 aromatic heterocycles. The summed E-state index contributed by atoms with van der Waals surface area (Å²) in [7, 11) is -4.67. The molecular formula is C41H69O12P.